The van der Waals surface area contributed by atoms with Gasteiger partial charge in [-0.25, -0.2) is 0 Å². The lowest BCUT2D eigenvalue weighted by Crippen LogP contribution is -2.18. The van der Waals surface area contributed by atoms with Crippen molar-refractivity contribution in [3.05, 3.63) is 40.9 Å². The van der Waals surface area contributed by atoms with Crippen LogP contribution in [0.5, 0.6) is 0 Å². The summed E-state index contributed by atoms with van der Waals surface area (Å²) >= 11 is 12.2. The average molecular weight is 316 g/mol. The monoisotopic (exact) mass is 315 g/mol. The number of halogens is 2. The number of anilines is 1. The first kappa shape index (κ1) is 14.2. The summed E-state index contributed by atoms with van der Waals surface area (Å²) in [6, 6.07) is 10.1. The first-order valence-electron chi connectivity index (χ1n) is 5.60. The summed E-state index contributed by atoms with van der Waals surface area (Å²) in [5.74, 6) is -0.492. The number of hydrogen-bond acceptors (Lipinski definition) is 4. The Balaban J connectivity index is 1.89. The van der Waals surface area contributed by atoms with Crippen LogP contribution in [-0.4, -0.2) is 20.9 Å². The number of aromatic nitrogens is 2. The zero-order valence-electron chi connectivity index (χ0n) is 9.85. The molecule has 0 saturated heterocycles. The second-order valence-electron chi connectivity index (χ2n) is 3.78. The lowest BCUT2D eigenvalue weighted by atomic mass is 10.1. The third-order valence-electron chi connectivity index (χ3n) is 2.37. The number of nitrogens with one attached hydrogen (secondary N) is 1. The lowest BCUT2D eigenvalue weighted by molar-refractivity contribution is -0.114. The Bertz CT molecular complexity index is 545. The predicted molar refractivity (Wildman–Crippen MR) is 77.9 cm³/mol. The molecule has 2 aromatic rings. The summed E-state index contributed by atoms with van der Waals surface area (Å²) in [6.45, 7) is 0. The van der Waals surface area contributed by atoms with Crippen molar-refractivity contribution in [1.29, 1.82) is 0 Å². The fraction of sp³-hybridized carbons (Fsp3) is 0.250. The number of aryl methyl sites for hydroxylation is 2. The Labute approximate surface area is 124 Å². The number of nitrogens with zero attached hydrogens (tertiary/aromatic N) is 2. The van der Waals surface area contributed by atoms with E-state index in [0.717, 1.165) is 17.8 Å². The molecule has 1 aromatic heterocycles. The minimum absolute atomic E-state index is 0.416. The highest BCUT2D eigenvalue weighted by atomic mass is 35.5. The molecule has 0 atom stereocenters. The highest BCUT2D eigenvalue weighted by molar-refractivity contribution is 7.15. The van der Waals surface area contributed by atoms with Crippen LogP contribution in [0.2, 0.25) is 0 Å². The van der Waals surface area contributed by atoms with Gasteiger partial charge in [0.05, 0.1) is 0 Å². The Morgan fingerprint density at radius 2 is 1.95 bits per heavy atom. The van der Waals surface area contributed by atoms with Crippen LogP contribution in [0.4, 0.5) is 5.13 Å². The molecule has 4 nitrogen and oxygen atoms in total. The van der Waals surface area contributed by atoms with Crippen molar-refractivity contribution < 1.29 is 4.79 Å². The Hall–Kier alpha value is -1.17. The summed E-state index contributed by atoms with van der Waals surface area (Å²) in [6.07, 6.45) is 1.67. The van der Waals surface area contributed by atoms with Crippen LogP contribution < -0.4 is 5.32 Å². The van der Waals surface area contributed by atoms with Crippen LogP contribution in [0, 0.1) is 0 Å². The average Bonchev–Trinajstić information content (AvgIpc) is 2.85. The SMILES string of the molecule is O=C(Nc1nnc(CCc2ccccc2)s1)C(Cl)Cl. The van der Waals surface area contributed by atoms with Crippen LogP contribution >= 0.6 is 34.5 Å². The van der Waals surface area contributed by atoms with E-state index in [2.05, 4.69) is 27.6 Å². The highest BCUT2D eigenvalue weighted by Gasteiger charge is 2.14. The van der Waals surface area contributed by atoms with Gasteiger partial charge in [0.15, 0.2) is 4.84 Å². The van der Waals surface area contributed by atoms with E-state index >= 15 is 0 Å². The van der Waals surface area contributed by atoms with Crippen molar-refractivity contribution in [2.45, 2.75) is 17.7 Å². The largest absolute Gasteiger partial charge is 0.298 e. The number of benzene rings is 1. The summed E-state index contributed by atoms with van der Waals surface area (Å²) in [7, 11) is 0. The second-order valence-corrected chi connectivity index (χ2v) is 5.93. The van der Waals surface area contributed by atoms with Crippen molar-refractivity contribution in [3.63, 3.8) is 0 Å². The van der Waals surface area contributed by atoms with E-state index in [1.807, 2.05) is 18.2 Å². The van der Waals surface area contributed by atoms with Crippen molar-refractivity contribution in [3.8, 4) is 0 Å². The molecule has 0 fully saturated rings. The van der Waals surface area contributed by atoms with Gasteiger partial charge in [-0.1, -0.05) is 64.9 Å². The summed E-state index contributed by atoms with van der Waals surface area (Å²) in [5, 5.41) is 11.7. The zero-order chi connectivity index (χ0) is 13.7. The van der Waals surface area contributed by atoms with Gasteiger partial charge in [-0.05, 0) is 12.0 Å². The molecule has 0 bridgehead atoms. The predicted octanol–water partition coefficient (Wildman–Crippen LogP) is 3.07. The van der Waals surface area contributed by atoms with Crippen LogP contribution in [0.3, 0.4) is 0 Å². The topological polar surface area (TPSA) is 54.9 Å². The molecule has 0 unspecified atom stereocenters. The molecule has 0 saturated carbocycles. The molecule has 100 valence electrons. The molecule has 1 N–H and O–H groups in total. The van der Waals surface area contributed by atoms with Gasteiger partial charge in [0.2, 0.25) is 5.13 Å². The highest BCUT2D eigenvalue weighted by Crippen LogP contribution is 2.18. The molecule has 2 rings (SSSR count). The number of hydrogen-bond donors (Lipinski definition) is 1. The lowest BCUT2D eigenvalue weighted by Gasteiger charge is -1.99. The summed E-state index contributed by atoms with van der Waals surface area (Å²) in [4.78, 5) is 10.2. The van der Waals surface area contributed by atoms with E-state index in [-0.39, 0.29) is 0 Å². The normalized spacial score (nSPS) is 10.7. The van der Waals surface area contributed by atoms with Gasteiger partial charge in [-0.15, -0.1) is 10.2 Å². The Morgan fingerprint density at radius 1 is 1.21 bits per heavy atom. The first-order valence-corrected chi connectivity index (χ1v) is 7.29. The molecular formula is C12H11Cl2N3OS. The van der Waals surface area contributed by atoms with Gasteiger partial charge >= 0.3 is 0 Å². The smallest absolute Gasteiger partial charge is 0.259 e. The fourth-order valence-corrected chi connectivity index (χ4v) is 2.31. The number of rotatable bonds is 5. The first-order chi connectivity index (χ1) is 9.15. The maximum atomic E-state index is 11.3. The van der Waals surface area contributed by atoms with Crippen molar-refractivity contribution in [2.75, 3.05) is 5.32 Å². The second kappa shape index (κ2) is 6.84. The quantitative estimate of drug-likeness (QED) is 0.863. The molecular weight excluding hydrogens is 305 g/mol. The summed E-state index contributed by atoms with van der Waals surface area (Å²) in [5.41, 5.74) is 1.24. The minimum atomic E-state index is -1.10. The fourth-order valence-electron chi connectivity index (χ4n) is 1.46. The molecule has 7 heteroatoms. The molecule has 1 heterocycles. The van der Waals surface area contributed by atoms with E-state index in [0.29, 0.717) is 5.13 Å². The molecule has 1 aromatic carbocycles. The van der Waals surface area contributed by atoms with Crippen LogP contribution in [-0.2, 0) is 17.6 Å². The zero-order valence-corrected chi connectivity index (χ0v) is 12.2. The van der Waals surface area contributed by atoms with Gasteiger partial charge in [0.1, 0.15) is 5.01 Å². The van der Waals surface area contributed by atoms with Crippen LogP contribution in [0.1, 0.15) is 10.6 Å². The third-order valence-corrected chi connectivity index (χ3v) is 3.66. The number of alkyl halides is 2. The molecule has 19 heavy (non-hydrogen) atoms. The molecule has 0 radical (unpaired) electrons. The number of carbonyl (C=O) groups excluding carboxylic acids is 1. The molecule has 0 spiro atoms. The van der Waals surface area contributed by atoms with Gasteiger partial charge in [0.25, 0.3) is 5.91 Å². The van der Waals surface area contributed by atoms with Crippen LogP contribution in [0.25, 0.3) is 0 Å². The van der Waals surface area contributed by atoms with E-state index in [4.69, 9.17) is 23.2 Å². The van der Waals surface area contributed by atoms with E-state index < -0.39 is 10.7 Å². The van der Waals surface area contributed by atoms with E-state index in [1.54, 1.807) is 0 Å². The maximum Gasteiger partial charge on any atom is 0.259 e. The minimum Gasteiger partial charge on any atom is -0.298 e. The van der Waals surface area contributed by atoms with Gasteiger partial charge < -0.3 is 0 Å². The Kier molecular flexibility index (Phi) is 5.13. The summed E-state index contributed by atoms with van der Waals surface area (Å²) < 4.78 is 0. The van der Waals surface area contributed by atoms with E-state index in [9.17, 15) is 4.79 Å². The Morgan fingerprint density at radius 3 is 2.63 bits per heavy atom. The number of carbonyl (C=O) groups is 1. The van der Waals surface area contributed by atoms with Gasteiger partial charge in [-0.3, -0.25) is 10.1 Å². The van der Waals surface area contributed by atoms with Crippen molar-refractivity contribution in [2.24, 2.45) is 0 Å². The van der Waals surface area contributed by atoms with Gasteiger partial charge in [0, 0.05) is 6.42 Å². The van der Waals surface area contributed by atoms with Crippen LogP contribution in [0.15, 0.2) is 30.3 Å². The maximum absolute atomic E-state index is 11.3. The van der Waals surface area contributed by atoms with Gasteiger partial charge in [-0.2, -0.15) is 0 Å². The van der Waals surface area contributed by atoms with E-state index in [1.165, 1.54) is 16.9 Å². The number of amides is 1. The van der Waals surface area contributed by atoms with Crippen molar-refractivity contribution in [1.82, 2.24) is 10.2 Å². The third kappa shape index (κ3) is 4.45. The molecule has 1 amide bonds. The molecule has 0 aliphatic rings. The molecule has 0 aliphatic heterocycles. The molecule has 0 aliphatic carbocycles. The van der Waals surface area contributed by atoms with Crippen molar-refractivity contribution >= 4 is 45.6 Å². The standard InChI is InChI=1S/C12H11Cl2N3OS/c13-10(14)11(18)15-12-17-16-9(19-12)7-6-8-4-2-1-3-5-8/h1-5,10H,6-7H2,(H,15,17,18).